The van der Waals surface area contributed by atoms with Crippen molar-refractivity contribution < 1.29 is 29.4 Å². The van der Waals surface area contributed by atoms with Gasteiger partial charge in [-0.2, -0.15) is 0 Å². The van der Waals surface area contributed by atoms with Crippen LogP contribution >= 0.6 is 27.3 Å². The monoisotopic (exact) mass is 429 g/mol. The van der Waals surface area contributed by atoms with Gasteiger partial charge >= 0.3 is 11.9 Å². The van der Waals surface area contributed by atoms with E-state index in [0.29, 0.717) is 4.88 Å². The first-order chi connectivity index (χ1) is 11.7. The number of halogens is 1. The number of thiophene rings is 1. The maximum Gasteiger partial charge on any atom is 0.312 e. The molecule has 2 heterocycles. The van der Waals surface area contributed by atoms with E-state index in [9.17, 15) is 29.4 Å². The molecule has 2 fully saturated rings. The zero-order chi connectivity index (χ0) is 18.4. The van der Waals surface area contributed by atoms with Gasteiger partial charge in [-0.1, -0.05) is 0 Å². The molecular weight excluding hydrogens is 414 g/mol. The standard InChI is InChI=1S/C16H16BrNO6S/c17-9-5-11(25-6-9)10(19)1-2-12(20)18-7-15(13(21)22)3-4-16(15,8-18)14(23)24/h5-6H,1-4,7-8H2,(H,21,22)(H,23,24). The summed E-state index contributed by atoms with van der Waals surface area (Å²) in [6.45, 7) is -0.210. The van der Waals surface area contributed by atoms with E-state index in [2.05, 4.69) is 15.9 Å². The summed E-state index contributed by atoms with van der Waals surface area (Å²) in [6, 6.07) is 1.69. The van der Waals surface area contributed by atoms with Crippen molar-refractivity contribution in [1.29, 1.82) is 0 Å². The summed E-state index contributed by atoms with van der Waals surface area (Å²) in [5.74, 6) is -2.88. The lowest BCUT2D eigenvalue weighted by Crippen LogP contribution is -2.59. The Morgan fingerprint density at radius 3 is 2.04 bits per heavy atom. The number of nitrogens with zero attached hydrogens (tertiary/aromatic N) is 1. The average molecular weight is 430 g/mol. The molecule has 2 N–H and O–H groups in total. The van der Waals surface area contributed by atoms with Crippen molar-refractivity contribution in [3.05, 3.63) is 20.8 Å². The smallest absolute Gasteiger partial charge is 0.312 e. The zero-order valence-electron chi connectivity index (χ0n) is 13.2. The van der Waals surface area contributed by atoms with Crippen LogP contribution in [0.1, 0.15) is 35.4 Å². The molecule has 1 saturated heterocycles. The Balaban J connectivity index is 1.67. The Morgan fingerprint density at radius 2 is 1.64 bits per heavy atom. The number of hydrogen-bond acceptors (Lipinski definition) is 5. The van der Waals surface area contributed by atoms with Gasteiger partial charge in [0.15, 0.2) is 5.78 Å². The largest absolute Gasteiger partial charge is 0.481 e. The highest BCUT2D eigenvalue weighted by atomic mass is 79.9. The molecule has 0 bridgehead atoms. The molecule has 1 amide bonds. The van der Waals surface area contributed by atoms with E-state index in [1.807, 2.05) is 0 Å². The number of fused-ring (bicyclic) bond motifs is 1. The van der Waals surface area contributed by atoms with Crippen LogP contribution in [0.15, 0.2) is 15.9 Å². The molecule has 9 heteroatoms. The van der Waals surface area contributed by atoms with Gasteiger partial charge in [0.1, 0.15) is 10.8 Å². The van der Waals surface area contributed by atoms with Gasteiger partial charge in [0, 0.05) is 35.8 Å². The lowest BCUT2D eigenvalue weighted by atomic mass is 9.51. The van der Waals surface area contributed by atoms with Gasteiger partial charge in [0.25, 0.3) is 0 Å². The number of rotatable bonds is 6. The van der Waals surface area contributed by atoms with Crippen molar-refractivity contribution in [1.82, 2.24) is 4.90 Å². The number of ketones is 1. The molecule has 2 unspecified atom stereocenters. The third-order valence-corrected chi connectivity index (χ3v) is 7.13. The second kappa shape index (κ2) is 6.21. The minimum absolute atomic E-state index is 0.0163. The van der Waals surface area contributed by atoms with Crippen molar-refractivity contribution in [2.75, 3.05) is 13.1 Å². The van der Waals surface area contributed by atoms with Gasteiger partial charge in [-0.25, -0.2) is 0 Å². The molecule has 1 aliphatic heterocycles. The van der Waals surface area contributed by atoms with Crippen molar-refractivity contribution in [3.63, 3.8) is 0 Å². The molecule has 2 aliphatic rings. The molecule has 1 aromatic heterocycles. The van der Waals surface area contributed by atoms with Crippen molar-refractivity contribution >= 4 is 50.9 Å². The lowest BCUT2D eigenvalue weighted by Gasteiger charge is -2.47. The Kier molecular flexibility index (Phi) is 4.48. The molecule has 0 aromatic carbocycles. The third kappa shape index (κ3) is 2.69. The number of carbonyl (C=O) groups excluding carboxylic acids is 2. The summed E-state index contributed by atoms with van der Waals surface area (Å²) in [5.41, 5.74) is -2.81. The molecule has 1 aliphatic carbocycles. The molecule has 134 valence electrons. The fourth-order valence-corrected chi connectivity index (χ4v) is 5.19. The third-order valence-electron chi connectivity index (χ3n) is 5.40. The normalized spacial score (nSPS) is 27.5. The van der Waals surface area contributed by atoms with Crippen LogP contribution in [-0.4, -0.2) is 51.8 Å². The van der Waals surface area contributed by atoms with Crippen LogP contribution < -0.4 is 0 Å². The quantitative estimate of drug-likeness (QED) is 0.670. The molecule has 0 radical (unpaired) electrons. The second-order valence-corrected chi connectivity index (χ2v) is 8.40. The highest BCUT2D eigenvalue weighted by molar-refractivity contribution is 9.10. The minimum atomic E-state index is -1.41. The summed E-state index contributed by atoms with van der Waals surface area (Å²) in [7, 11) is 0. The summed E-state index contributed by atoms with van der Waals surface area (Å²) < 4.78 is 0.801. The van der Waals surface area contributed by atoms with Crippen molar-refractivity contribution in [2.45, 2.75) is 25.7 Å². The SMILES string of the molecule is O=C(CCC(=O)N1CC2(C(=O)O)CCC2(C(=O)O)C1)c1cc(Br)cs1. The van der Waals surface area contributed by atoms with Gasteiger partial charge in [-0.05, 0) is 34.8 Å². The first kappa shape index (κ1) is 18.1. The highest BCUT2D eigenvalue weighted by Gasteiger charge is 2.73. The van der Waals surface area contributed by atoms with Gasteiger partial charge < -0.3 is 15.1 Å². The summed E-state index contributed by atoms with van der Waals surface area (Å²) in [5, 5.41) is 20.8. The van der Waals surface area contributed by atoms with Crippen LogP contribution in [0.4, 0.5) is 0 Å². The van der Waals surface area contributed by atoms with E-state index in [0.717, 1.165) is 4.47 Å². The fraction of sp³-hybridized carbons (Fsp3) is 0.500. The Bertz CT molecular complexity index is 746. The van der Waals surface area contributed by atoms with Crippen LogP contribution in [0.3, 0.4) is 0 Å². The Labute approximate surface area is 155 Å². The first-order valence-corrected chi connectivity index (χ1v) is 9.41. The lowest BCUT2D eigenvalue weighted by molar-refractivity contribution is -0.183. The Hall–Kier alpha value is -1.74. The summed E-state index contributed by atoms with van der Waals surface area (Å²) >= 11 is 4.55. The van der Waals surface area contributed by atoms with E-state index in [1.165, 1.54) is 16.2 Å². The number of hydrogen-bond donors (Lipinski definition) is 2. The number of likely N-dealkylation sites (tertiary alicyclic amines) is 1. The van der Waals surface area contributed by atoms with Crippen LogP contribution in [-0.2, 0) is 14.4 Å². The molecule has 1 saturated carbocycles. The van der Waals surface area contributed by atoms with Gasteiger partial charge in [0.2, 0.25) is 5.91 Å². The summed E-state index contributed by atoms with van der Waals surface area (Å²) in [4.78, 5) is 49.7. The van der Waals surface area contributed by atoms with Gasteiger partial charge in [-0.3, -0.25) is 19.2 Å². The summed E-state index contributed by atoms with van der Waals surface area (Å²) in [6.07, 6.45) is 0.462. The van der Waals surface area contributed by atoms with Crippen molar-refractivity contribution in [3.8, 4) is 0 Å². The second-order valence-electron chi connectivity index (χ2n) is 6.58. The Morgan fingerprint density at radius 1 is 1.08 bits per heavy atom. The van der Waals surface area contributed by atoms with Gasteiger partial charge in [-0.15, -0.1) is 11.3 Å². The molecule has 3 rings (SSSR count). The molecule has 7 nitrogen and oxygen atoms in total. The fourth-order valence-electron chi connectivity index (χ4n) is 3.79. The van der Waals surface area contributed by atoms with Crippen LogP contribution in [0.5, 0.6) is 0 Å². The number of Topliss-reactive ketones (excluding diaryl/α,β-unsaturated/α-hetero) is 1. The van der Waals surface area contributed by atoms with E-state index >= 15 is 0 Å². The number of carboxylic acids is 2. The molecule has 1 aromatic rings. The van der Waals surface area contributed by atoms with Crippen LogP contribution in [0.25, 0.3) is 0 Å². The van der Waals surface area contributed by atoms with Crippen molar-refractivity contribution in [2.24, 2.45) is 10.8 Å². The average Bonchev–Trinajstić information content (AvgIpc) is 3.06. The highest BCUT2D eigenvalue weighted by Crippen LogP contribution is 2.61. The first-order valence-electron chi connectivity index (χ1n) is 7.74. The van der Waals surface area contributed by atoms with E-state index in [4.69, 9.17) is 0 Å². The van der Waals surface area contributed by atoms with E-state index in [-0.39, 0.29) is 50.5 Å². The topological polar surface area (TPSA) is 112 Å². The van der Waals surface area contributed by atoms with E-state index in [1.54, 1.807) is 11.4 Å². The predicted molar refractivity (Wildman–Crippen MR) is 91.5 cm³/mol. The van der Waals surface area contributed by atoms with E-state index < -0.39 is 22.8 Å². The zero-order valence-corrected chi connectivity index (χ0v) is 15.6. The van der Waals surface area contributed by atoms with Crippen LogP contribution in [0, 0.1) is 10.8 Å². The number of amides is 1. The predicted octanol–water partition coefficient (Wildman–Crippen LogP) is 2.25. The van der Waals surface area contributed by atoms with Crippen LogP contribution in [0.2, 0.25) is 0 Å². The van der Waals surface area contributed by atoms with Gasteiger partial charge in [0.05, 0.1) is 4.88 Å². The maximum atomic E-state index is 12.4. The number of aliphatic carboxylic acids is 2. The molecule has 0 spiro atoms. The molecule has 25 heavy (non-hydrogen) atoms. The minimum Gasteiger partial charge on any atom is -0.481 e. The maximum absolute atomic E-state index is 12.4. The number of carboxylic acid groups (broad SMARTS) is 2. The molecule has 2 atom stereocenters. The molecular formula is C16H16BrNO6S. The number of carbonyl (C=O) groups is 4.